The maximum absolute atomic E-state index is 12.1. The molecule has 0 aromatic heterocycles. The molecule has 4 nitrogen and oxygen atoms in total. The number of carbonyl (C=O) groups excluding carboxylic acids is 1. The summed E-state index contributed by atoms with van der Waals surface area (Å²) in [6, 6.07) is 5.72. The van der Waals surface area contributed by atoms with Crippen molar-refractivity contribution < 1.29 is 14.7 Å². The Bertz CT molecular complexity index is 565. The number of carbonyl (C=O) groups is 2. The molecule has 1 unspecified atom stereocenters. The highest BCUT2D eigenvalue weighted by atomic mass is 16.4. The minimum atomic E-state index is -1.22. The van der Waals surface area contributed by atoms with Gasteiger partial charge in [0.2, 0.25) is 5.91 Å². The van der Waals surface area contributed by atoms with Crippen LogP contribution in [-0.2, 0) is 21.5 Å². The van der Waals surface area contributed by atoms with Gasteiger partial charge in [-0.05, 0) is 44.7 Å². The molecule has 4 heteroatoms. The number of amides is 1. The molecule has 1 aliphatic carbocycles. The van der Waals surface area contributed by atoms with Crippen molar-refractivity contribution in [3.8, 4) is 0 Å². The predicted octanol–water partition coefficient (Wildman–Crippen LogP) is 2.48. The molecule has 20 heavy (non-hydrogen) atoms. The molecular formula is C16H21NO3. The van der Waals surface area contributed by atoms with Crippen LogP contribution in [0.4, 0.5) is 0 Å². The van der Waals surface area contributed by atoms with Crippen LogP contribution in [0.15, 0.2) is 18.2 Å². The number of aryl methyl sites for hydroxylation is 2. The van der Waals surface area contributed by atoms with Gasteiger partial charge in [-0.15, -0.1) is 0 Å². The maximum atomic E-state index is 12.1. The molecule has 1 aromatic carbocycles. The van der Waals surface area contributed by atoms with Crippen LogP contribution in [0.25, 0.3) is 0 Å². The van der Waals surface area contributed by atoms with Crippen molar-refractivity contribution in [1.29, 1.82) is 0 Å². The molecule has 108 valence electrons. The van der Waals surface area contributed by atoms with E-state index in [1.165, 1.54) is 11.8 Å². The third-order valence-corrected chi connectivity index (χ3v) is 4.09. The average Bonchev–Trinajstić information content (AvgIpc) is 2.68. The van der Waals surface area contributed by atoms with Gasteiger partial charge in [0.25, 0.3) is 0 Å². The molecule has 0 bridgehead atoms. The first-order chi connectivity index (χ1) is 9.30. The second kappa shape index (κ2) is 4.93. The summed E-state index contributed by atoms with van der Waals surface area (Å²) < 4.78 is 0. The summed E-state index contributed by atoms with van der Waals surface area (Å²) in [6.07, 6.45) is 1.14. The summed E-state index contributed by atoms with van der Waals surface area (Å²) in [6.45, 7) is 7.11. The fourth-order valence-corrected chi connectivity index (χ4v) is 3.39. The average molecular weight is 275 g/mol. The van der Waals surface area contributed by atoms with E-state index >= 15 is 0 Å². The largest absolute Gasteiger partial charge is 0.479 e. The highest BCUT2D eigenvalue weighted by molar-refractivity contribution is 5.89. The summed E-state index contributed by atoms with van der Waals surface area (Å²) in [5, 5.41) is 9.88. The number of hydrogen-bond donors (Lipinski definition) is 1. The number of carboxylic acid groups (broad SMARTS) is 1. The van der Waals surface area contributed by atoms with Crippen LogP contribution >= 0.6 is 0 Å². The van der Waals surface area contributed by atoms with E-state index in [-0.39, 0.29) is 11.9 Å². The van der Waals surface area contributed by atoms with Gasteiger partial charge in [0.15, 0.2) is 5.54 Å². The normalized spacial score (nSPS) is 20.9. The summed E-state index contributed by atoms with van der Waals surface area (Å²) in [7, 11) is 0. The number of aliphatic carboxylic acids is 1. The Labute approximate surface area is 119 Å². The number of hydrogen-bond acceptors (Lipinski definition) is 2. The molecule has 1 amide bonds. The number of benzene rings is 1. The number of fused-ring (bicyclic) bond motifs is 1. The van der Waals surface area contributed by atoms with Crippen LogP contribution in [0.5, 0.6) is 0 Å². The van der Waals surface area contributed by atoms with E-state index in [0.717, 1.165) is 16.7 Å². The van der Waals surface area contributed by atoms with Crippen molar-refractivity contribution in [3.05, 3.63) is 34.9 Å². The summed E-state index contributed by atoms with van der Waals surface area (Å²) in [5.41, 5.74) is 1.60. The van der Waals surface area contributed by atoms with Crippen molar-refractivity contribution >= 4 is 11.9 Å². The van der Waals surface area contributed by atoms with Crippen molar-refractivity contribution in [3.63, 3.8) is 0 Å². The second-order valence-electron chi connectivity index (χ2n) is 5.81. The zero-order valence-electron chi connectivity index (χ0n) is 12.4. The molecule has 0 heterocycles. The summed E-state index contributed by atoms with van der Waals surface area (Å²) in [5.74, 6) is -1.14. The monoisotopic (exact) mass is 275 g/mol. The van der Waals surface area contributed by atoms with Gasteiger partial charge >= 0.3 is 5.97 Å². The molecule has 0 saturated heterocycles. The van der Waals surface area contributed by atoms with Crippen LogP contribution in [0.2, 0.25) is 0 Å². The second-order valence-corrected chi connectivity index (χ2v) is 5.81. The zero-order chi connectivity index (χ0) is 15.1. The maximum Gasteiger partial charge on any atom is 0.334 e. The molecule has 0 fully saturated rings. The van der Waals surface area contributed by atoms with E-state index in [2.05, 4.69) is 0 Å². The highest BCUT2D eigenvalue weighted by Crippen LogP contribution is 2.43. The van der Waals surface area contributed by atoms with Gasteiger partial charge in [0.1, 0.15) is 0 Å². The molecule has 1 atom stereocenters. The van der Waals surface area contributed by atoms with E-state index in [4.69, 9.17) is 0 Å². The minimum absolute atomic E-state index is 0.157. The van der Waals surface area contributed by atoms with E-state index in [9.17, 15) is 14.7 Å². The topological polar surface area (TPSA) is 57.6 Å². The third-order valence-electron chi connectivity index (χ3n) is 4.09. The summed E-state index contributed by atoms with van der Waals surface area (Å²) >= 11 is 0. The Kier molecular flexibility index (Phi) is 3.59. The molecule has 0 aliphatic heterocycles. The Morgan fingerprint density at radius 3 is 2.50 bits per heavy atom. The zero-order valence-corrected chi connectivity index (χ0v) is 12.4. The van der Waals surface area contributed by atoms with Crippen LogP contribution in [-0.4, -0.2) is 27.9 Å². The Morgan fingerprint density at radius 1 is 1.35 bits per heavy atom. The van der Waals surface area contributed by atoms with E-state index in [1.807, 2.05) is 39.0 Å². The van der Waals surface area contributed by atoms with Gasteiger partial charge in [0.05, 0.1) is 0 Å². The van der Waals surface area contributed by atoms with Gasteiger partial charge in [-0.3, -0.25) is 4.79 Å². The lowest BCUT2D eigenvalue weighted by Gasteiger charge is -2.41. The van der Waals surface area contributed by atoms with Gasteiger partial charge in [-0.25, -0.2) is 4.79 Å². The lowest BCUT2D eigenvalue weighted by Crippen LogP contribution is -2.55. The summed E-state index contributed by atoms with van der Waals surface area (Å²) in [4.78, 5) is 25.6. The first-order valence-corrected chi connectivity index (χ1v) is 6.94. The first kappa shape index (κ1) is 14.6. The van der Waals surface area contributed by atoms with Crippen LogP contribution in [0.3, 0.4) is 0 Å². The molecule has 0 spiro atoms. The van der Waals surface area contributed by atoms with E-state index in [0.29, 0.717) is 12.8 Å². The molecule has 0 saturated carbocycles. The molecular weight excluding hydrogens is 254 g/mol. The smallest absolute Gasteiger partial charge is 0.334 e. The SMILES string of the molecule is CC(=O)N(C(C)C)C1(C(=O)O)CCc2ccc(C)cc21. The molecule has 1 N–H and O–H groups in total. The Morgan fingerprint density at radius 2 is 2.00 bits per heavy atom. The molecule has 1 aromatic rings. The van der Waals surface area contributed by atoms with Gasteiger partial charge in [-0.2, -0.15) is 0 Å². The van der Waals surface area contributed by atoms with Crippen LogP contribution < -0.4 is 0 Å². The number of carboxylic acids is 1. The highest BCUT2D eigenvalue weighted by Gasteiger charge is 2.52. The van der Waals surface area contributed by atoms with Crippen molar-refractivity contribution in [2.45, 2.75) is 52.1 Å². The van der Waals surface area contributed by atoms with E-state index in [1.54, 1.807) is 0 Å². The Balaban J connectivity index is 2.68. The number of rotatable bonds is 3. The van der Waals surface area contributed by atoms with Gasteiger partial charge in [-0.1, -0.05) is 23.8 Å². The molecule has 1 aliphatic rings. The standard InChI is InChI=1S/C16H21NO3/c1-10(2)17(12(4)18)16(15(19)20)8-7-13-6-5-11(3)9-14(13)16/h5-6,9-10H,7-8H2,1-4H3,(H,19,20). The van der Waals surface area contributed by atoms with E-state index < -0.39 is 11.5 Å². The lowest BCUT2D eigenvalue weighted by molar-refractivity contribution is -0.162. The molecule has 2 rings (SSSR count). The van der Waals surface area contributed by atoms with Gasteiger partial charge < -0.3 is 10.0 Å². The first-order valence-electron chi connectivity index (χ1n) is 6.94. The Hall–Kier alpha value is -1.84. The lowest BCUT2D eigenvalue weighted by atomic mass is 9.87. The van der Waals surface area contributed by atoms with Gasteiger partial charge in [0, 0.05) is 13.0 Å². The fourth-order valence-electron chi connectivity index (χ4n) is 3.39. The third kappa shape index (κ3) is 1.99. The van der Waals surface area contributed by atoms with Crippen LogP contribution in [0, 0.1) is 6.92 Å². The fraction of sp³-hybridized carbons (Fsp3) is 0.500. The minimum Gasteiger partial charge on any atom is -0.479 e. The predicted molar refractivity (Wildman–Crippen MR) is 76.5 cm³/mol. The quantitative estimate of drug-likeness (QED) is 0.922. The van der Waals surface area contributed by atoms with Crippen molar-refractivity contribution in [1.82, 2.24) is 4.90 Å². The molecule has 0 radical (unpaired) electrons. The van der Waals surface area contributed by atoms with Crippen molar-refractivity contribution in [2.75, 3.05) is 0 Å². The number of nitrogens with zero attached hydrogens (tertiary/aromatic N) is 1. The van der Waals surface area contributed by atoms with Crippen LogP contribution in [0.1, 0.15) is 43.9 Å². The van der Waals surface area contributed by atoms with Crippen molar-refractivity contribution in [2.24, 2.45) is 0 Å².